The van der Waals surface area contributed by atoms with Gasteiger partial charge in [-0.05, 0) is 5.92 Å². The van der Waals surface area contributed by atoms with Crippen LogP contribution in [-0.4, -0.2) is 61.6 Å². The number of nitrogens with zero attached hydrogens (tertiary/aromatic N) is 2. The van der Waals surface area contributed by atoms with Gasteiger partial charge in [0.15, 0.2) is 0 Å². The van der Waals surface area contributed by atoms with Gasteiger partial charge in [0.25, 0.3) is 0 Å². The van der Waals surface area contributed by atoms with E-state index in [1.807, 2.05) is 18.9 Å². The molecule has 0 aromatic heterocycles. The third kappa shape index (κ3) is 5.01. The molecule has 6 heteroatoms. The van der Waals surface area contributed by atoms with E-state index in [1.165, 1.54) is 0 Å². The molecular formula is C12H23N3O3. The third-order valence-electron chi connectivity index (χ3n) is 2.88. The lowest BCUT2D eigenvalue weighted by atomic mass is 10.1. The summed E-state index contributed by atoms with van der Waals surface area (Å²) >= 11 is 0. The van der Waals surface area contributed by atoms with Crippen LogP contribution in [0.25, 0.3) is 0 Å². The summed E-state index contributed by atoms with van der Waals surface area (Å²) in [6, 6.07) is 0. The molecule has 0 bridgehead atoms. The second kappa shape index (κ2) is 7.33. The summed E-state index contributed by atoms with van der Waals surface area (Å²) in [7, 11) is 1.63. The van der Waals surface area contributed by atoms with E-state index in [4.69, 9.17) is 4.84 Å². The van der Waals surface area contributed by atoms with E-state index in [1.54, 1.807) is 12.0 Å². The maximum atomic E-state index is 11.8. The highest BCUT2D eigenvalue weighted by Crippen LogP contribution is 2.02. The Morgan fingerprint density at radius 1 is 1.22 bits per heavy atom. The minimum atomic E-state index is -0.0612. The van der Waals surface area contributed by atoms with E-state index in [2.05, 4.69) is 5.32 Å². The van der Waals surface area contributed by atoms with E-state index < -0.39 is 0 Å². The highest BCUT2D eigenvalue weighted by atomic mass is 16.7. The number of hydroxylamine groups is 2. The summed E-state index contributed by atoms with van der Waals surface area (Å²) in [5.41, 5.74) is 0. The topological polar surface area (TPSA) is 61.9 Å². The Morgan fingerprint density at radius 2 is 1.83 bits per heavy atom. The number of carbonyl (C=O) groups excluding carboxylic acids is 2. The standard InChI is InChI=1S/C12H23N3O3/c1-10(2)8-11(16)13-9-12(17)14-4-6-15(18-3)7-5-14/h10H,4-9H2,1-3H3,(H,13,16). The monoisotopic (exact) mass is 257 g/mol. The molecular weight excluding hydrogens is 234 g/mol. The summed E-state index contributed by atoms with van der Waals surface area (Å²) in [6.45, 7) is 6.76. The quantitative estimate of drug-likeness (QED) is 0.744. The fraction of sp³-hybridized carbons (Fsp3) is 0.833. The molecule has 1 aliphatic rings. The van der Waals surface area contributed by atoms with Gasteiger partial charge in [0.1, 0.15) is 0 Å². The Balaban J connectivity index is 2.23. The molecule has 1 aliphatic heterocycles. The third-order valence-corrected chi connectivity index (χ3v) is 2.88. The number of amides is 2. The summed E-state index contributed by atoms with van der Waals surface area (Å²) in [6.07, 6.45) is 0.463. The highest BCUT2D eigenvalue weighted by molar-refractivity contribution is 5.84. The predicted molar refractivity (Wildman–Crippen MR) is 67.6 cm³/mol. The SMILES string of the molecule is CON1CCN(C(=O)CNC(=O)CC(C)C)CC1. The first-order valence-corrected chi connectivity index (χ1v) is 6.36. The van der Waals surface area contributed by atoms with Crippen molar-refractivity contribution in [3.05, 3.63) is 0 Å². The van der Waals surface area contributed by atoms with Gasteiger partial charge < -0.3 is 15.1 Å². The molecule has 2 amide bonds. The molecule has 1 heterocycles. The predicted octanol–water partition coefficient (Wildman–Crippen LogP) is -0.146. The van der Waals surface area contributed by atoms with Crippen LogP contribution in [0.3, 0.4) is 0 Å². The molecule has 0 aromatic carbocycles. The van der Waals surface area contributed by atoms with Gasteiger partial charge in [0.05, 0.1) is 13.7 Å². The van der Waals surface area contributed by atoms with Crippen LogP contribution in [0.15, 0.2) is 0 Å². The number of nitrogens with one attached hydrogen (secondary N) is 1. The second-order valence-electron chi connectivity index (χ2n) is 4.87. The van der Waals surface area contributed by atoms with Crippen molar-refractivity contribution in [2.24, 2.45) is 5.92 Å². The van der Waals surface area contributed by atoms with Crippen molar-refractivity contribution in [3.63, 3.8) is 0 Å². The van der Waals surface area contributed by atoms with Crippen molar-refractivity contribution in [3.8, 4) is 0 Å². The zero-order valence-corrected chi connectivity index (χ0v) is 11.4. The Labute approximate surface area is 108 Å². The maximum Gasteiger partial charge on any atom is 0.242 e. The van der Waals surface area contributed by atoms with E-state index in [0.717, 1.165) is 0 Å². The molecule has 1 rings (SSSR count). The van der Waals surface area contributed by atoms with Gasteiger partial charge >= 0.3 is 0 Å². The van der Waals surface area contributed by atoms with Gasteiger partial charge in [-0.25, -0.2) is 0 Å². The number of carbonyl (C=O) groups is 2. The zero-order chi connectivity index (χ0) is 13.5. The van der Waals surface area contributed by atoms with Crippen LogP contribution in [0.2, 0.25) is 0 Å². The molecule has 0 unspecified atom stereocenters. The molecule has 0 aliphatic carbocycles. The van der Waals surface area contributed by atoms with Crippen molar-refractivity contribution in [2.45, 2.75) is 20.3 Å². The van der Waals surface area contributed by atoms with E-state index in [9.17, 15) is 9.59 Å². The zero-order valence-electron chi connectivity index (χ0n) is 11.4. The van der Waals surface area contributed by atoms with E-state index in [-0.39, 0.29) is 18.4 Å². The Hall–Kier alpha value is -1.14. The van der Waals surface area contributed by atoms with Gasteiger partial charge in [-0.1, -0.05) is 13.8 Å². The van der Waals surface area contributed by atoms with Crippen LogP contribution in [0.5, 0.6) is 0 Å². The summed E-state index contributed by atoms with van der Waals surface area (Å²) in [4.78, 5) is 30.1. The molecule has 0 radical (unpaired) electrons. The van der Waals surface area contributed by atoms with Crippen molar-refractivity contribution < 1.29 is 14.4 Å². The molecule has 0 atom stereocenters. The van der Waals surface area contributed by atoms with Gasteiger partial charge in [-0.3, -0.25) is 9.59 Å². The lowest BCUT2D eigenvalue weighted by Gasteiger charge is -2.33. The average molecular weight is 257 g/mol. The fourth-order valence-electron chi connectivity index (χ4n) is 1.85. The van der Waals surface area contributed by atoms with Crippen molar-refractivity contribution in [1.82, 2.24) is 15.3 Å². The van der Waals surface area contributed by atoms with Crippen LogP contribution in [0, 0.1) is 5.92 Å². The van der Waals surface area contributed by atoms with Crippen molar-refractivity contribution >= 4 is 11.8 Å². The summed E-state index contributed by atoms with van der Waals surface area (Å²) < 4.78 is 0. The van der Waals surface area contributed by atoms with Gasteiger partial charge in [0, 0.05) is 32.6 Å². The van der Waals surface area contributed by atoms with Crippen LogP contribution in [0.4, 0.5) is 0 Å². The first kappa shape index (κ1) is 14.9. The normalized spacial score (nSPS) is 17.0. The number of piperazine rings is 1. The Bertz CT molecular complexity index is 286. The lowest BCUT2D eigenvalue weighted by Crippen LogP contribution is -2.50. The Kier molecular flexibility index (Phi) is 6.07. The van der Waals surface area contributed by atoms with Gasteiger partial charge in [-0.2, -0.15) is 5.06 Å². The van der Waals surface area contributed by atoms with Crippen molar-refractivity contribution in [2.75, 3.05) is 39.8 Å². The largest absolute Gasteiger partial charge is 0.347 e. The molecule has 0 saturated carbocycles. The summed E-state index contributed by atoms with van der Waals surface area (Å²) in [5.74, 6) is 0.224. The lowest BCUT2D eigenvalue weighted by molar-refractivity contribution is -0.161. The fourth-order valence-corrected chi connectivity index (χ4v) is 1.85. The van der Waals surface area contributed by atoms with Crippen LogP contribution in [0.1, 0.15) is 20.3 Å². The molecule has 18 heavy (non-hydrogen) atoms. The smallest absolute Gasteiger partial charge is 0.242 e. The molecule has 0 aromatic rings. The highest BCUT2D eigenvalue weighted by Gasteiger charge is 2.21. The van der Waals surface area contributed by atoms with E-state index >= 15 is 0 Å². The van der Waals surface area contributed by atoms with Crippen LogP contribution < -0.4 is 5.32 Å². The second-order valence-corrected chi connectivity index (χ2v) is 4.87. The molecule has 1 fully saturated rings. The van der Waals surface area contributed by atoms with Gasteiger partial charge in [0.2, 0.25) is 11.8 Å². The van der Waals surface area contributed by atoms with Crippen LogP contribution >= 0.6 is 0 Å². The van der Waals surface area contributed by atoms with Gasteiger partial charge in [-0.15, -0.1) is 0 Å². The minimum Gasteiger partial charge on any atom is -0.347 e. The number of hydrogen-bond donors (Lipinski definition) is 1. The molecule has 104 valence electrons. The first-order chi connectivity index (χ1) is 8.52. The molecule has 0 spiro atoms. The molecule has 1 N–H and O–H groups in total. The molecule has 6 nitrogen and oxygen atoms in total. The summed E-state index contributed by atoms with van der Waals surface area (Å²) in [5, 5.41) is 4.48. The Morgan fingerprint density at radius 3 is 2.33 bits per heavy atom. The number of hydrogen-bond acceptors (Lipinski definition) is 4. The van der Waals surface area contributed by atoms with E-state index in [0.29, 0.717) is 38.5 Å². The maximum absolute atomic E-state index is 11.8. The molecule has 1 saturated heterocycles. The minimum absolute atomic E-state index is 0.0251. The first-order valence-electron chi connectivity index (χ1n) is 6.36. The number of rotatable bonds is 5. The van der Waals surface area contributed by atoms with Crippen molar-refractivity contribution in [1.29, 1.82) is 0 Å². The average Bonchev–Trinajstić information content (AvgIpc) is 2.35. The van der Waals surface area contributed by atoms with Crippen LogP contribution in [-0.2, 0) is 14.4 Å².